The van der Waals surface area contributed by atoms with Gasteiger partial charge in [-0.3, -0.25) is 4.79 Å². The number of thioether (sulfide) groups is 2. The molecule has 0 heterocycles. The molecule has 1 atom stereocenters. The van der Waals surface area contributed by atoms with E-state index < -0.39 is 11.2 Å². The molecule has 0 aromatic heterocycles. The van der Waals surface area contributed by atoms with Crippen molar-refractivity contribution in [2.75, 3.05) is 11.5 Å². The van der Waals surface area contributed by atoms with E-state index >= 15 is 0 Å². The van der Waals surface area contributed by atoms with Gasteiger partial charge in [-0.05, 0) is 12.8 Å². The fraction of sp³-hybridized carbons (Fsp3) is 0.833. The number of aldehydes is 1. The Bertz CT molecular complexity index is 240. The van der Waals surface area contributed by atoms with E-state index in [0.717, 1.165) is 24.3 Å². The number of carbonyl (C=O) groups is 2. The lowest BCUT2D eigenvalue weighted by molar-refractivity contribution is -0.137. The first-order valence-electron chi connectivity index (χ1n) is 5.91. The Balaban J connectivity index is 3.89. The molecular formula is C12H22O3S2. The van der Waals surface area contributed by atoms with Crippen LogP contribution in [0.4, 0.5) is 0 Å². The van der Waals surface area contributed by atoms with Gasteiger partial charge in [0.1, 0.15) is 11.5 Å². The Kier molecular flexibility index (Phi) is 8.78. The van der Waals surface area contributed by atoms with Crippen molar-refractivity contribution in [3.8, 4) is 0 Å². The Morgan fingerprint density at radius 1 is 1.35 bits per heavy atom. The number of carboxylic acids is 1. The molecule has 0 aliphatic heterocycles. The van der Waals surface area contributed by atoms with Crippen LogP contribution in [0.3, 0.4) is 0 Å². The van der Waals surface area contributed by atoms with Crippen LogP contribution in [-0.4, -0.2) is 38.9 Å². The summed E-state index contributed by atoms with van der Waals surface area (Å²) in [5.74, 6) is 0.831. The zero-order chi connectivity index (χ0) is 13.3. The molecule has 0 saturated carbocycles. The Labute approximate surface area is 112 Å². The van der Waals surface area contributed by atoms with Gasteiger partial charge in [-0.15, -0.1) is 11.8 Å². The summed E-state index contributed by atoms with van der Waals surface area (Å²) in [6.07, 6.45) is 3.02. The minimum absolute atomic E-state index is 0.101. The van der Waals surface area contributed by atoms with Gasteiger partial charge < -0.3 is 9.90 Å². The number of rotatable bonds is 10. The van der Waals surface area contributed by atoms with Crippen LogP contribution in [0.15, 0.2) is 0 Å². The van der Waals surface area contributed by atoms with Crippen molar-refractivity contribution in [2.24, 2.45) is 0 Å². The van der Waals surface area contributed by atoms with Gasteiger partial charge in [0.15, 0.2) is 0 Å². The predicted octanol–water partition coefficient (Wildman–Crippen LogP) is 3.07. The van der Waals surface area contributed by atoms with Gasteiger partial charge in [0, 0.05) is 22.7 Å². The highest BCUT2D eigenvalue weighted by Gasteiger charge is 2.21. The molecule has 0 aromatic rings. The van der Waals surface area contributed by atoms with Gasteiger partial charge >= 0.3 is 5.97 Å². The van der Waals surface area contributed by atoms with Crippen molar-refractivity contribution in [3.63, 3.8) is 0 Å². The lowest BCUT2D eigenvalue weighted by atomic mass is 10.1. The molecule has 0 aliphatic carbocycles. The first-order valence-corrected chi connectivity index (χ1v) is 7.94. The average Bonchev–Trinajstić information content (AvgIpc) is 2.32. The van der Waals surface area contributed by atoms with Crippen molar-refractivity contribution >= 4 is 35.8 Å². The quantitative estimate of drug-likeness (QED) is 0.491. The number of aliphatic carboxylic acids is 1. The van der Waals surface area contributed by atoms with Crippen LogP contribution in [0.1, 0.15) is 40.0 Å². The summed E-state index contributed by atoms with van der Waals surface area (Å²) in [5, 5.41) is 8.29. The van der Waals surface area contributed by atoms with Crippen LogP contribution < -0.4 is 0 Å². The molecule has 0 amide bonds. The second-order valence-corrected chi connectivity index (χ2v) is 7.10. The average molecular weight is 278 g/mol. The predicted molar refractivity (Wildman–Crippen MR) is 76.0 cm³/mol. The number of hydrogen-bond acceptors (Lipinski definition) is 4. The number of carboxylic acid groups (broad SMARTS) is 1. The van der Waals surface area contributed by atoms with E-state index in [0.29, 0.717) is 11.0 Å². The highest BCUT2D eigenvalue weighted by Crippen LogP contribution is 2.32. The normalized spacial score (nSPS) is 13.4. The molecule has 100 valence electrons. The van der Waals surface area contributed by atoms with E-state index in [9.17, 15) is 9.59 Å². The third kappa shape index (κ3) is 6.99. The van der Waals surface area contributed by atoms with Gasteiger partial charge in [-0.1, -0.05) is 20.8 Å². The SMILES string of the molecule is CCC(C)(CC)SCCSC(CC=O)C(=O)O. The summed E-state index contributed by atoms with van der Waals surface area (Å²) in [4.78, 5) is 21.1. The summed E-state index contributed by atoms with van der Waals surface area (Å²) in [7, 11) is 0. The van der Waals surface area contributed by atoms with Crippen molar-refractivity contribution in [1.82, 2.24) is 0 Å². The summed E-state index contributed by atoms with van der Waals surface area (Å²) in [6.45, 7) is 6.59. The molecule has 3 nitrogen and oxygen atoms in total. The topological polar surface area (TPSA) is 54.4 Å². The first-order chi connectivity index (χ1) is 7.99. The van der Waals surface area contributed by atoms with Gasteiger partial charge in [0.2, 0.25) is 0 Å². The van der Waals surface area contributed by atoms with Gasteiger partial charge in [0.25, 0.3) is 0 Å². The Morgan fingerprint density at radius 2 is 1.94 bits per heavy atom. The minimum Gasteiger partial charge on any atom is -0.480 e. The molecule has 1 unspecified atom stereocenters. The van der Waals surface area contributed by atoms with E-state index in [1.54, 1.807) is 0 Å². The van der Waals surface area contributed by atoms with Gasteiger partial charge in [0.05, 0.1) is 0 Å². The fourth-order valence-electron chi connectivity index (χ4n) is 1.26. The summed E-state index contributed by atoms with van der Waals surface area (Å²) >= 11 is 3.26. The zero-order valence-electron chi connectivity index (χ0n) is 10.8. The van der Waals surface area contributed by atoms with Gasteiger partial charge in [-0.25, -0.2) is 0 Å². The van der Waals surface area contributed by atoms with Crippen molar-refractivity contribution in [1.29, 1.82) is 0 Å². The maximum absolute atomic E-state index is 10.8. The van der Waals surface area contributed by atoms with Crippen LogP contribution >= 0.6 is 23.5 Å². The van der Waals surface area contributed by atoms with E-state index in [2.05, 4.69) is 20.8 Å². The monoisotopic (exact) mass is 278 g/mol. The summed E-state index contributed by atoms with van der Waals surface area (Å²) in [6, 6.07) is 0. The molecule has 5 heteroatoms. The van der Waals surface area contributed by atoms with Crippen molar-refractivity contribution < 1.29 is 14.7 Å². The maximum Gasteiger partial charge on any atom is 0.317 e. The van der Waals surface area contributed by atoms with Crippen LogP contribution in [-0.2, 0) is 9.59 Å². The fourth-order valence-corrected chi connectivity index (χ4v) is 3.52. The molecule has 0 aromatic carbocycles. The van der Waals surface area contributed by atoms with Crippen LogP contribution in [0.2, 0.25) is 0 Å². The van der Waals surface area contributed by atoms with E-state index in [-0.39, 0.29) is 6.42 Å². The second kappa shape index (κ2) is 8.86. The molecule has 0 aliphatic rings. The molecule has 0 radical (unpaired) electrons. The number of carbonyl (C=O) groups excluding carboxylic acids is 1. The summed E-state index contributed by atoms with van der Waals surface area (Å²) < 4.78 is 0.296. The largest absolute Gasteiger partial charge is 0.480 e. The molecule has 0 rings (SSSR count). The van der Waals surface area contributed by atoms with Crippen LogP contribution in [0, 0.1) is 0 Å². The lowest BCUT2D eigenvalue weighted by Gasteiger charge is -2.26. The van der Waals surface area contributed by atoms with E-state index in [1.807, 2.05) is 11.8 Å². The van der Waals surface area contributed by atoms with E-state index in [1.165, 1.54) is 11.8 Å². The smallest absolute Gasteiger partial charge is 0.317 e. The lowest BCUT2D eigenvalue weighted by Crippen LogP contribution is -2.20. The molecule has 0 spiro atoms. The third-order valence-corrected chi connectivity index (χ3v) is 6.11. The third-order valence-electron chi connectivity index (χ3n) is 2.93. The van der Waals surface area contributed by atoms with E-state index in [4.69, 9.17) is 5.11 Å². The number of hydrogen-bond donors (Lipinski definition) is 1. The van der Waals surface area contributed by atoms with Crippen LogP contribution in [0.25, 0.3) is 0 Å². The second-order valence-electron chi connectivity index (χ2n) is 4.11. The first kappa shape index (κ1) is 16.8. The van der Waals surface area contributed by atoms with Crippen LogP contribution in [0.5, 0.6) is 0 Å². The maximum atomic E-state index is 10.8. The molecule has 0 bridgehead atoms. The standard InChI is InChI=1S/C12H22O3S2/c1-4-12(3,5-2)17-9-8-16-10(6-7-13)11(14)15/h7,10H,4-6,8-9H2,1-3H3,(H,14,15). The highest BCUT2D eigenvalue weighted by molar-refractivity contribution is 8.04. The zero-order valence-corrected chi connectivity index (χ0v) is 12.4. The molecule has 17 heavy (non-hydrogen) atoms. The Hall–Kier alpha value is -0.160. The molecular weight excluding hydrogens is 256 g/mol. The molecule has 1 N–H and O–H groups in total. The van der Waals surface area contributed by atoms with Crippen molar-refractivity contribution in [3.05, 3.63) is 0 Å². The molecule has 0 fully saturated rings. The highest BCUT2D eigenvalue weighted by atomic mass is 32.2. The molecule has 0 saturated heterocycles. The minimum atomic E-state index is -0.888. The summed E-state index contributed by atoms with van der Waals surface area (Å²) in [5.41, 5.74) is 0. The van der Waals surface area contributed by atoms with Crippen molar-refractivity contribution in [2.45, 2.75) is 50.0 Å². The van der Waals surface area contributed by atoms with Gasteiger partial charge in [-0.2, -0.15) is 11.8 Å². The Morgan fingerprint density at radius 3 is 2.35 bits per heavy atom.